The largest absolute Gasteiger partial charge is 0.352 e. The van der Waals surface area contributed by atoms with Gasteiger partial charge in [0.1, 0.15) is 17.4 Å². The topological polar surface area (TPSA) is 59.8 Å². The summed E-state index contributed by atoms with van der Waals surface area (Å²) in [6.45, 7) is 7.74. The van der Waals surface area contributed by atoms with E-state index in [9.17, 15) is 4.79 Å². The number of alkyl halides is 1. The Morgan fingerprint density at radius 2 is 2.14 bits per heavy atom. The molecule has 2 aromatic heterocycles. The molecule has 0 aromatic carbocycles. The summed E-state index contributed by atoms with van der Waals surface area (Å²) in [5.41, 5.74) is 2.62. The van der Waals surface area contributed by atoms with Crippen LogP contribution in [0.15, 0.2) is 12.3 Å². The van der Waals surface area contributed by atoms with E-state index in [-0.39, 0.29) is 18.0 Å². The van der Waals surface area contributed by atoms with Gasteiger partial charge in [-0.25, -0.2) is 9.97 Å². The number of imidazole rings is 1. The average Bonchev–Trinajstić information content (AvgIpc) is 2.77. The lowest BCUT2D eigenvalue weighted by Gasteiger charge is -2.18. The molecule has 0 saturated carbocycles. The zero-order valence-corrected chi connectivity index (χ0v) is 13.6. The van der Waals surface area contributed by atoms with E-state index in [1.165, 1.54) is 0 Å². The fourth-order valence-electron chi connectivity index (χ4n) is 2.35. The van der Waals surface area contributed by atoms with Crippen LogP contribution in [-0.4, -0.2) is 32.4 Å². The molecule has 2 rings (SSSR count). The van der Waals surface area contributed by atoms with E-state index in [4.69, 9.17) is 11.6 Å². The van der Waals surface area contributed by atoms with Gasteiger partial charge in [0.05, 0.1) is 0 Å². The first kappa shape index (κ1) is 15.8. The van der Waals surface area contributed by atoms with Gasteiger partial charge in [0.15, 0.2) is 5.65 Å². The zero-order chi connectivity index (χ0) is 15.6. The number of nitrogens with one attached hydrogen (secondary N) is 1. The van der Waals surface area contributed by atoms with Gasteiger partial charge < -0.3 is 9.88 Å². The van der Waals surface area contributed by atoms with Crippen molar-refractivity contribution in [3.05, 3.63) is 23.7 Å². The number of carbonyl (C=O) groups excluding carboxylic acids is 1. The van der Waals surface area contributed by atoms with E-state index < -0.39 is 0 Å². The highest BCUT2D eigenvalue weighted by Crippen LogP contribution is 2.22. The Kier molecular flexibility index (Phi) is 4.83. The van der Waals surface area contributed by atoms with Crippen LogP contribution in [0.5, 0.6) is 0 Å². The highest BCUT2D eigenvalue weighted by atomic mass is 35.5. The molecule has 0 aliphatic rings. The monoisotopic (exact) mass is 308 g/mol. The fraction of sp³-hybridized carbons (Fsp3) is 0.533. The Labute approximate surface area is 129 Å². The zero-order valence-electron chi connectivity index (χ0n) is 12.9. The molecule has 5 nitrogen and oxygen atoms in total. The summed E-state index contributed by atoms with van der Waals surface area (Å²) in [6.07, 6.45) is 2.35. The van der Waals surface area contributed by atoms with Crippen molar-refractivity contribution in [1.82, 2.24) is 19.9 Å². The van der Waals surface area contributed by atoms with Crippen molar-refractivity contribution in [2.45, 2.75) is 46.2 Å². The predicted molar refractivity (Wildman–Crippen MR) is 84.7 cm³/mol. The summed E-state index contributed by atoms with van der Waals surface area (Å²) in [4.78, 5) is 21.3. The Hall–Kier alpha value is -1.62. The lowest BCUT2D eigenvalue weighted by atomic mass is 10.2. The van der Waals surface area contributed by atoms with E-state index in [0.717, 1.165) is 22.6 Å². The molecule has 114 valence electrons. The van der Waals surface area contributed by atoms with Crippen LogP contribution >= 0.6 is 11.6 Å². The second-order valence-corrected chi connectivity index (χ2v) is 5.85. The van der Waals surface area contributed by atoms with Crippen LogP contribution in [0.25, 0.3) is 11.2 Å². The molecule has 1 N–H and O–H groups in total. The van der Waals surface area contributed by atoms with Gasteiger partial charge in [-0.05, 0) is 39.3 Å². The Bertz CT molecular complexity index is 650. The van der Waals surface area contributed by atoms with E-state index in [1.807, 2.05) is 38.3 Å². The lowest BCUT2D eigenvalue weighted by Crippen LogP contribution is -2.36. The highest BCUT2D eigenvalue weighted by Gasteiger charge is 2.23. The van der Waals surface area contributed by atoms with Crippen LogP contribution in [0, 0.1) is 6.92 Å². The van der Waals surface area contributed by atoms with E-state index in [0.29, 0.717) is 12.3 Å². The van der Waals surface area contributed by atoms with E-state index in [1.54, 1.807) is 6.20 Å². The fourth-order valence-corrected chi connectivity index (χ4v) is 2.51. The third-order valence-electron chi connectivity index (χ3n) is 3.37. The van der Waals surface area contributed by atoms with Crippen LogP contribution < -0.4 is 5.32 Å². The van der Waals surface area contributed by atoms with Gasteiger partial charge >= 0.3 is 0 Å². The number of amides is 1. The third-order valence-corrected chi connectivity index (χ3v) is 3.56. The summed E-state index contributed by atoms with van der Waals surface area (Å²) in [5.74, 6) is 1.22. The normalized spacial score (nSPS) is 12.9. The van der Waals surface area contributed by atoms with Crippen LogP contribution in [-0.2, 0) is 11.2 Å². The van der Waals surface area contributed by atoms with Crippen LogP contribution in [0.3, 0.4) is 0 Å². The maximum Gasteiger partial charge on any atom is 0.243 e. The molecule has 0 spiro atoms. The Balaban J connectivity index is 2.52. The quantitative estimate of drug-likeness (QED) is 0.864. The molecule has 2 aromatic rings. The summed E-state index contributed by atoms with van der Waals surface area (Å²) in [5, 5.41) is 2.93. The first-order valence-electron chi connectivity index (χ1n) is 7.14. The molecule has 6 heteroatoms. The molecule has 1 unspecified atom stereocenters. The summed E-state index contributed by atoms with van der Waals surface area (Å²) >= 11 is 5.87. The molecule has 1 atom stereocenters. The molecule has 21 heavy (non-hydrogen) atoms. The van der Waals surface area contributed by atoms with E-state index in [2.05, 4.69) is 15.3 Å². The van der Waals surface area contributed by atoms with Crippen molar-refractivity contribution in [3.63, 3.8) is 0 Å². The van der Waals surface area contributed by atoms with Crippen LogP contribution in [0.1, 0.15) is 38.2 Å². The SMILES string of the molecule is Cc1ccnc2c1nc(CCCl)n2C(C)C(=O)NC(C)C. The Morgan fingerprint density at radius 1 is 1.43 bits per heavy atom. The second-order valence-electron chi connectivity index (χ2n) is 5.48. The van der Waals surface area contributed by atoms with Crippen molar-refractivity contribution in [1.29, 1.82) is 0 Å². The summed E-state index contributed by atoms with van der Waals surface area (Å²) in [6, 6.07) is 1.65. The minimum absolute atomic E-state index is 0.0385. The standard InChI is InChI=1S/C15H21ClN4O/c1-9(2)18-15(21)11(4)20-12(5-7-16)19-13-10(3)6-8-17-14(13)20/h6,8-9,11H,5,7H2,1-4H3,(H,18,21). The smallest absolute Gasteiger partial charge is 0.243 e. The number of hydrogen-bond acceptors (Lipinski definition) is 3. The first-order valence-corrected chi connectivity index (χ1v) is 7.68. The second kappa shape index (κ2) is 6.43. The van der Waals surface area contributed by atoms with Gasteiger partial charge in [0.2, 0.25) is 5.91 Å². The molecule has 0 fully saturated rings. The number of carbonyl (C=O) groups is 1. The lowest BCUT2D eigenvalue weighted by molar-refractivity contribution is -0.124. The van der Waals surface area contributed by atoms with Crippen molar-refractivity contribution in [2.24, 2.45) is 0 Å². The molecule has 1 amide bonds. The molecule has 2 heterocycles. The number of pyridine rings is 1. The molecule has 0 radical (unpaired) electrons. The number of aryl methyl sites for hydroxylation is 2. The van der Waals surface area contributed by atoms with Crippen LogP contribution in [0.4, 0.5) is 0 Å². The number of hydrogen-bond donors (Lipinski definition) is 1. The minimum atomic E-state index is -0.370. The molecule has 0 bridgehead atoms. The highest BCUT2D eigenvalue weighted by molar-refractivity contribution is 6.17. The molecule has 0 aliphatic carbocycles. The van der Waals surface area contributed by atoms with Gasteiger partial charge in [0, 0.05) is 24.5 Å². The van der Waals surface area contributed by atoms with Crippen molar-refractivity contribution < 1.29 is 4.79 Å². The van der Waals surface area contributed by atoms with Crippen molar-refractivity contribution in [3.8, 4) is 0 Å². The molecule has 0 aliphatic heterocycles. The molecular weight excluding hydrogens is 288 g/mol. The number of halogens is 1. The summed E-state index contributed by atoms with van der Waals surface area (Å²) in [7, 11) is 0. The maximum atomic E-state index is 12.3. The number of rotatable bonds is 5. The number of nitrogens with zero attached hydrogens (tertiary/aromatic N) is 3. The van der Waals surface area contributed by atoms with Crippen LogP contribution in [0.2, 0.25) is 0 Å². The minimum Gasteiger partial charge on any atom is -0.352 e. The predicted octanol–water partition coefficient (Wildman–Crippen LogP) is 2.61. The molecule has 0 saturated heterocycles. The van der Waals surface area contributed by atoms with Gasteiger partial charge in [-0.15, -0.1) is 11.6 Å². The third kappa shape index (κ3) is 3.18. The van der Waals surface area contributed by atoms with E-state index >= 15 is 0 Å². The van der Waals surface area contributed by atoms with Crippen molar-refractivity contribution >= 4 is 28.7 Å². The van der Waals surface area contributed by atoms with Gasteiger partial charge in [-0.2, -0.15) is 0 Å². The van der Waals surface area contributed by atoms with Crippen molar-refractivity contribution in [2.75, 3.05) is 5.88 Å². The number of fused-ring (bicyclic) bond motifs is 1. The number of aromatic nitrogens is 3. The Morgan fingerprint density at radius 3 is 2.76 bits per heavy atom. The first-order chi connectivity index (χ1) is 9.95. The van der Waals surface area contributed by atoms with Gasteiger partial charge in [0.25, 0.3) is 0 Å². The average molecular weight is 309 g/mol. The summed E-state index contributed by atoms with van der Waals surface area (Å²) < 4.78 is 1.89. The van der Waals surface area contributed by atoms with Gasteiger partial charge in [-0.1, -0.05) is 0 Å². The maximum absolute atomic E-state index is 12.3. The molecular formula is C15H21ClN4O. The van der Waals surface area contributed by atoms with Gasteiger partial charge in [-0.3, -0.25) is 4.79 Å².